The lowest BCUT2D eigenvalue weighted by Crippen LogP contribution is -2.46. The first-order valence-corrected chi connectivity index (χ1v) is 8.59. The van der Waals surface area contributed by atoms with Gasteiger partial charge in [0.25, 0.3) is 0 Å². The van der Waals surface area contributed by atoms with Crippen molar-refractivity contribution in [2.75, 3.05) is 20.3 Å². The van der Waals surface area contributed by atoms with E-state index in [1.165, 1.54) is 7.11 Å². The minimum Gasteiger partial charge on any atom is -0.383 e. The van der Waals surface area contributed by atoms with Crippen molar-refractivity contribution in [1.82, 2.24) is 14.5 Å². The molecule has 0 radical (unpaired) electrons. The monoisotopic (exact) mass is 317 g/mol. The molecule has 7 nitrogen and oxygen atoms in total. The van der Waals surface area contributed by atoms with Gasteiger partial charge >= 0.3 is 0 Å². The van der Waals surface area contributed by atoms with Gasteiger partial charge in [0.05, 0.1) is 24.1 Å². The van der Waals surface area contributed by atoms with Crippen LogP contribution in [0.2, 0.25) is 0 Å². The van der Waals surface area contributed by atoms with Crippen LogP contribution in [0.4, 0.5) is 0 Å². The summed E-state index contributed by atoms with van der Waals surface area (Å²) in [7, 11) is -0.119. The lowest BCUT2D eigenvalue weighted by molar-refractivity contribution is -0.00457. The highest BCUT2D eigenvalue weighted by atomic mass is 32.2. The lowest BCUT2D eigenvalue weighted by atomic mass is 9.99. The number of rotatable bonds is 6. The summed E-state index contributed by atoms with van der Waals surface area (Å²) in [5.74, 6) is 0. The van der Waals surface area contributed by atoms with E-state index in [0.717, 1.165) is 18.4 Å². The van der Waals surface area contributed by atoms with Crippen molar-refractivity contribution in [3.8, 4) is 0 Å². The van der Waals surface area contributed by atoms with Crippen LogP contribution >= 0.6 is 0 Å². The predicted octanol–water partition coefficient (Wildman–Crippen LogP) is 0.595. The first-order chi connectivity index (χ1) is 9.94. The molecule has 0 saturated carbocycles. The third-order valence-corrected chi connectivity index (χ3v) is 5.45. The van der Waals surface area contributed by atoms with Crippen LogP contribution in [0.5, 0.6) is 0 Å². The van der Waals surface area contributed by atoms with Gasteiger partial charge in [-0.1, -0.05) is 0 Å². The molecule has 8 heteroatoms. The molecule has 1 unspecified atom stereocenters. The largest absolute Gasteiger partial charge is 0.383 e. The Kier molecular flexibility index (Phi) is 5.37. The van der Waals surface area contributed by atoms with Crippen LogP contribution in [-0.2, 0) is 26.5 Å². The maximum atomic E-state index is 12.3. The van der Waals surface area contributed by atoms with Gasteiger partial charge in [0.2, 0.25) is 10.0 Å². The maximum Gasteiger partial charge on any atom is 0.216 e. The zero-order valence-corrected chi connectivity index (χ0v) is 13.5. The third-order valence-electron chi connectivity index (χ3n) is 3.62. The summed E-state index contributed by atoms with van der Waals surface area (Å²) in [6.45, 7) is 2.43. The molecule has 2 heterocycles. The molecular weight excluding hydrogens is 294 g/mol. The number of nitrogens with one attached hydrogen (secondary N) is 1. The summed E-state index contributed by atoms with van der Waals surface area (Å²) in [5, 5.41) is 3.53. The standard InChI is InChI=1S/C13H23N3O4S/c1-10(9-19-3)21(17,18)15-12-5-4-6-20-13(12)11-7-14-16(2)8-11/h7-8,10,12-13,15H,4-6,9H2,1-3H3/t10?,12-,13+/m0/s1. The molecule has 0 aromatic carbocycles. The molecule has 0 aliphatic carbocycles. The summed E-state index contributed by atoms with van der Waals surface area (Å²) < 4.78 is 39.8. The molecule has 1 saturated heterocycles. The molecule has 21 heavy (non-hydrogen) atoms. The second kappa shape index (κ2) is 6.87. The van der Waals surface area contributed by atoms with Gasteiger partial charge in [-0.3, -0.25) is 4.68 Å². The first kappa shape index (κ1) is 16.4. The smallest absolute Gasteiger partial charge is 0.216 e. The minimum absolute atomic E-state index is 0.167. The van der Waals surface area contributed by atoms with Crippen molar-refractivity contribution in [2.45, 2.75) is 37.2 Å². The normalized spacial score (nSPS) is 24.9. The quantitative estimate of drug-likeness (QED) is 0.830. The van der Waals surface area contributed by atoms with Crippen molar-refractivity contribution >= 4 is 10.0 Å². The molecule has 1 aromatic heterocycles. The van der Waals surface area contributed by atoms with Gasteiger partial charge < -0.3 is 9.47 Å². The Balaban J connectivity index is 2.12. The van der Waals surface area contributed by atoms with E-state index in [1.807, 2.05) is 13.2 Å². The molecule has 0 bridgehead atoms. The molecule has 0 amide bonds. The van der Waals surface area contributed by atoms with E-state index >= 15 is 0 Å². The van der Waals surface area contributed by atoms with Gasteiger partial charge in [-0.2, -0.15) is 5.10 Å². The number of ether oxygens (including phenoxy) is 2. The lowest BCUT2D eigenvalue weighted by Gasteiger charge is -2.32. The molecule has 1 aliphatic heterocycles. The first-order valence-electron chi connectivity index (χ1n) is 7.04. The zero-order valence-electron chi connectivity index (χ0n) is 12.7. The molecule has 1 fully saturated rings. The van der Waals surface area contributed by atoms with Crippen LogP contribution < -0.4 is 4.72 Å². The van der Waals surface area contributed by atoms with E-state index in [4.69, 9.17) is 9.47 Å². The Bertz CT molecular complexity index is 558. The zero-order chi connectivity index (χ0) is 15.5. The molecular formula is C13H23N3O4S. The van der Waals surface area contributed by atoms with Gasteiger partial charge in [0.1, 0.15) is 6.10 Å². The van der Waals surface area contributed by atoms with Crippen molar-refractivity contribution in [3.05, 3.63) is 18.0 Å². The van der Waals surface area contributed by atoms with Gasteiger partial charge in [-0.05, 0) is 19.8 Å². The highest BCUT2D eigenvalue weighted by Gasteiger charge is 2.33. The highest BCUT2D eigenvalue weighted by molar-refractivity contribution is 7.90. The summed E-state index contributed by atoms with van der Waals surface area (Å²) in [6.07, 6.45) is 4.87. The third kappa shape index (κ3) is 4.03. The van der Waals surface area contributed by atoms with Crippen molar-refractivity contribution in [2.24, 2.45) is 7.05 Å². The summed E-state index contributed by atoms with van der Waals surface area (Å²) >= 11 is 0. The minimum atomic E-state index is -3.44. The number of nitrogens with zero attached hydrogens (tertiary/aromatic N) is 2. The average Bonchev–Trinajstić information content (AvgIpc) is 2.86. The number of aromatic nitrogens is 2. The van der Waals surface area contributed by atoms with Gasteiger partial charge in [-0.15, -0.1) is 0 Å². The van der Waals surface area contributed by atoms with E-state index in [2.05, 4.69) is 9.82 Å². The van der Waals surface area contributed by atoms with Crippen molar-refractivity contribution < 1.29 is 17.9 Å². The molecule has 1 aliphatic rings. The summed E-state index contributed by atoms with van der Waals surface area (Å²) in [5.41, 5.74) is 0.893. The molecule has 1 aromatic rings. The Hall–Kier alpha value is -0.960. The van der Waals surface area contributed by atoms with Crippen molar-refractivity contribution in [3.63, 3.8) is 0 Å². The summed E-state index contributed by atoms with van der Waals surface area (Å²) in [4.78, 5) is 0. The number of methoxy groups -OCH3 is 1. The van der Waals surface area contributed by atoms with E-state index in [9.17, 15) is 8.42 Å². The van der Waals surface area contributed by atoms with E-state index in [1.54, 1.807) is 17.8 Å². The van der Waals surface area contributed by atoms with Crippen LogP contribution in [0.25, 0.3) is 0 Å². The number of hydrogen-bond donors (Lipinski definition) is 1. The number of aryl methyl sites for hydroxylation is 1. The molecule has 1 N–H and O–H groups in total. The predicted molar refractivity (Wildman–Crippen MR) is 78.3 cm³/mol. The van der Waals surface area contributed by atoms with Crippen molar-refractivity contribution in [1.29, 1.82) is 0 Å². The molecule has 120 valence electrons. The second-order valence-electron chi connectivity index (χ2n) is 5.42. The fraction of sp³-hybridized carbons (Fsp3) is 0.769. The molecule has 3 atom stereocenters. The fourth-order valence-electron chi connectivity index (χ4n) is 2.47. The van der Waals surface area contributed by atoms with Crippen LogP contribution in [0, 0.1) is 0 Å². The van der Waals surface area contributed by atoms with Crippen LogP contribution in [0.15, 0.2) is 12.4 Å². The van der Waals surface area contributed by atoms with E-state index in [-0.39, 0.29) is 18.8 Å². The van der Waals surface area contributed by atoms with E-state index < -0.39 is 15.3 Å². The Morgan fingerprint density at radius 3 is 3.00 bits per heavy atom. The molecule has 0 spiro atoms. The Morgan fingerprint density at radius 2 is 2.38 bits per heavy atom. The van der Waals surface area contributed by atoms with E-state index in [0.29, 0.717) is 6.61 Å². The Morgan fingerprint density at radius 1 is 1.62 bits per heavy atom. The highest BCUT2D eigenvalue weighted by Crippen LogP contribution is 2.28. The SMILES string of the molecule is COCC(C)S(=O)(=O)N[C@H]1CCCO[C@@H]1c1cnn(C)c1. The number of sulfonamides is 1. The second-order valence-corrected chi connectivity index (χ2v) is 7.55. The van der Waals surface area contributed by atoms with Gasteiger partial charge in [0, 0.05) is 32.5 Å². The number of hydrogen-bond acceptors (Lipinski definition) is 5. The van der Waals surface area contributed by atoms with Gasteiger partial charge in [0.15, 0.2) is 0 Å². The maximum absolute atomic E-state index is 12.3. The molecule has 2 rings (SSSR count). The van der Waals surface area contributed by atoms with Gasteiger partial charge in [-0.25, -0.2) is 13.1 Å². The Labute approximate surface area is 125 Å². The van der Waals surface area contributed by atoms with Crippen LogP contribution in [0.3, 0.4) is 0 Å². The summed E-state index contributed by atoms with van der Waals surface area (Å²) in [6, 6.07) is -0.271. The van der Waals surface area contributed by atoms with Crippen LogP contribution in [0.1, 0.15) is 31.4 Å². The van der Waals surface area contributed by atoms with Crippen LogP contribution in [-0.4, -0.2) is 49.8 Å². The fourth-order valence-corrected chi connectivity index (χ4v) is 3.68. The average molecular weight is 317 g/mol. The topological polar surface area (TPSA) is 82.5 Å².